The lowest BCUT2D eigenvalue weighted by Gasteiger charge is -2.22. The number of aryl methyl sites for hydroxylation is 1. The number of carboxylic acids is 1. The molecular formula is C14H19N3O3. The zero-order valence-electron chi connectivity index (χ0n) is 11.8. The Morgan fingerprint density at radius 3 is 2.60 bits per heavy atom. The van der Waals surface area contributed by atoms with Gasteiger partial charge in [-0.05, 0) is 31.9 Å². The molecule has 0 aromatic carbocycles. The number of carboxylic acid groups (broad SMARTS) is 1. The van der Waals surface area contributed by atoms with Gasteiger partial charge in [-0.25, -0.2) is 9.78 Å². The molecule has 0 unspecified atom stereocenters. The summed E-state index contributed by atoms with van der Waals surface area (Å²) in [5, 5.41) is 9.05. The quantitative estimate of drug-likeness (QED) is 0.893. The summed E-state index contributed by atoms with van der Waals surface area (Å²) in [6, 6.07) is 3.01. The lowest BCUT2D eigenvalue weighted by atomic mass is 10.2. The molecule has 6 heteroatoms. The minimum Gasteiger partial charge on any atom is -0.478 e. The molecule has 0 aliphatic carbocycles. The predicted octanol–water partition coefficient (Wildman–Crippen LogP) is 1.15. The Morgan fingerprint density at radius 2 is 2.00 bits per heavy atom. The van der Waals surface area contributed by atoms with Gasteiger partial charge in [0.25, 0.3) is 0 Å². The molecule has 108 valence electrons. The van der Waals surface area contributed by atoms with Crippen LogP contribution >= 0.6 is 0 Å². The van der Waals surface area contributed by atoms with Gasteiger partial charge >= 0.3 is 5.97 Å². The van der Waals surface area contributed by atoms with Gasteiger partial charge in [-0.3, -0.25) is 4.79 Å². The molecular weight excluding hydrogens is 258 g/mol. The van der Waals surface area contributed by atoms with Gasteiger partial charge in [0.05, 0.1) is 12.1 Å². The van der Waals surface area contributed by atoms with Gasteiger partial charge in [-0.1, -0.05) is 0 Å². The van der Waals surface area contributed by atoms with Crippen molar-refractivity contribution in [3.63, 3.8) is 0 Å². The number of hydrogen-bond acceptors (Lipinski definition) is 4. The molecule has 0 spiro atoms. The molecule has 2 rings (SSSR count). The number of rotatable bonds is 4. The van der Waals surface area contributed by atoms with E-state index in [0.29, 0.717) is 11.5 Å². The molecule has 1 amide bonds. The second-order valence-electron chi connectivity index (χ2n) is 5.10. The Hall–Kier alpha value is -2.11. The third kappa shape index (κ3) is 3.26. The third-order valence-corrected chi connectivity index (χ3v) is 3.41. The van der Waals surface area contributed by atoms with E-state index in [0.717, 1.165) is 25.9 Å². The molecule has 1 saturated heterocycles. The number of carbonyl (C=O) groups excluding carboxylic acids is 1. The number of nitrogens with zero attached hydrogens (tertiary/aromatic N) is 3. The summed E-state index contributed by atoms with van der Waals surface area (Å²) >= 11 is 0. The monoisotopic (exact) mass is 277 g/mol. The van der Waals surface area contributed by atoms with E-state index in [4.69, 9.17) is 5.11 Å². The van der Waals surface area contributed by atoms with Gasteiger partial charge in [0.15, 0.2) is 0 Å². The fraction of sp³-hybridized carbons (Fsp3) is 0.500. The van der Waals surface area contributed by atoms with E-state index >= 15 is 0 Å². The number of anilines is 1. The highest BCUT2D eigenvalue weighted by molar-refractivity contribution is 5.89. The van der Waals surface area contributed by atoms with Crippen LogP contribution in [0.4, 0.5) is 5.82 Å². The summed E-state index contributed by atoms with van der Waals surface area (Å²) in [5.74, 6) is -0.420. The first-order valence-corrected chi connectivity index (χ1v) is 6.68. The van der Waals surface area contributed by atoms with Crippen LogP contribution in [-0.4, -0.2) is 53.5 Å². The minimum absolute atomic E-state index is 0.0604. The largest absolute Gasteiger partial charge is 0.478 e. The van der Waals surface area contributed by atoms with Crippen molar-refractivity contribution in [3.8, 4) is 0 Å². The second-order valence-corrected chi connectivity index (χ2v) is 5.10. The highest BCUT2D eigenvalue weighted by atomic mass is 16.4. The summed E-state index contributed by atoms with van der Waals surface area (Å²) in [7, 11) is 1.75. The molecule has 1 N–H and O–H groups in total. The molecule has 1 aliphatic rings. The highest BCUT2D eigenvalue weighted by Gasteiger charge is 2.20. The molecule has 20 heavy (non-hydrogen) atoms. The van der Waals surface area contributed by atoms with Crippen LogP contribution in [0.3, 0.4) is 0 Å². The van der Waals surface area contributed by atoms with E-state index in [-0.39, 0.29) is 18.0 Å². The van der Waals surface area contributed by atoms with Crippen LogP contribution in [-0.2, 0) is 4.79 Å². The van der Waals surface area contributed by atoms with Crippen LogP contribution in [0, 0.1) is 6.92 Å². The number of amides is 1. The minimum atomic E-state index is -0.990. The van der Waals surface area contributed by atoms with Crippen LogP contribution < -0.4 is 4.90 Å². The number of likely N-dealkylation sites (tertiary alicyclic amines) is 1. The molecule has 1 aromatic heterocycles. The van der Waals surface area contributed by atoms with E-state index < -0.39 is 5.97 Å². The predicted molar refractivity (Wildman–Crippen MR) is 75.0 cm³/mol. The van der Waals surface area contributed by atoms with Gasteiger partial charge in [-0.15, -0.1) is 0 Å². The molecule has 6 nitrogen and oxygen atoms in total. The van der Waals surface area contributed by atoms with Crippen molar-refractivity contribution in [1.82, 2.24) is 9.88 Å². The molecule has 1 aliphatic heterocycles. The molecule has 0 radical (unpaired) electrons. The maximum absolute atomic E-state index is 12.1. The van der Waals surface area contributed by atoms with Crippen molar-refractivity contribution < 1.29 is 14.7 Å². The maximum atomic E-state index is 12.1. The Labute approximate surface area is 118 Å². The van der Waals surface area contributed by atoms with Crippen molar-refractivity contribution in [1.29, 1.82) is 0 Å². The normalized spacial score (nSPS) is 14.4. The Balaban J connectivity index is 2.10. The van der Waals surface area contributed by atoms with Crippen LogP contribution in [0.15, 0.2) is 12.1 Å². The average molecular weight is 277 g/mol. The van der Waals surface area contributed by atoms with Crippen molar-refractivity contribution in [2.24, 2.45) is 0 Å². The van der Waals surface area contributed by atoms with Crippen molar-refractivity contribution in [3.05, 3.63) is 23.4 Å². The SMILES string of the molecule is Cc1cc(C(=O)O)cc(N(C)CC(=O)N2CCCC2)n1. The van der Waals surface area contributed by atoms with E-state index in [9.17, 15) is 9.59 Å². The average Bonchev–Trinajstić information content (AvgIpc) is 2.91. The zero-order chi connectivity index (χ0) is 14.7. The number of aromatic nitrogens is 1. The molecule has 0 bridgehead atoms. The first-order valence-electron chi connectivity index (χ1n) is 6.68. The molecule has 0 saturated carbocycles. The zero-order valence-corrected chi connectivity index (χ0v) is 11.8. The lowest BCUT2D eigenvalue weighted by Crippen LogP contribution is -2.37. The molecule has 0 atom stereocenters. The van der Waals surface area contributed by atoms with Crippen LogP contribution in [0.25, 0.3) is 0 Å². The van der Waals surface area contributed by atoms with E-state index in [1.54, 1.807) is 18.9 Å². The standard InChI is InChI=1S/C14H19N3O3/c1-10-7-11(14(19)20)8-12(15-10)16(2)9-13(18)17-5-3-4-6-17/h7-8H,3-6,9H2,1-2H3,(H,19,20). The van der Waals surface area contributed by atoms with Crippen molar-refractivity contribution in [2.75, 3.05) is 31.6 Å². The van der Waals surface area contributed by atoms with Gasteiger partial charge in [0.2, 0.25) is 5.91 Å². The van der Waals surface area contributed by atoms with E-state index in [2.05, 4.69) is 4.98 Å². The number of likely N-dealkylation sites (N-methyl/N-ethyl adjacent to an activating group) is 1. The van der Waals surface area contributed by atoms with Crippen LogP contribution in [0.1, 0.15) is 28.9 Å². The number of carbonyl (C=O) groups is 2. The fourth-order valence-corrected chi connectivity index (χ4v) is 2.32. The highest BCUT2D eigenvalue weighted by Crippen LogP contribution is 2.15. The summed E-state index contributed by atoms with van der Waals surface area (Å²) in [5.41, 5.74) is 0.813. The van der Waals surface area contributed by atoms with Crippen LogP contribution in [0.5, 0.6) is 0 Å². The van der Waals surface area contributed by atoms with E-state index in [1.807, 2.05) is 4.90 Å². The van der Waals surface area contributed by atoms with Crippen molar-refractivity contribution >= 4 is 17.7 Å². The Bertz CT molecular complexity index is 524. The van der Waals surface area contributed by atoms with Gasteiger partial charge < -0.3 is 14.9 Å². The Kier molecular flexibility index (Phi) is 4.22. The number of hydrogen-bond donors (Lipinski definition) is 1. The summed E-state index contributed by atoms with van der Waals surface area (Å²) < 4.78 is 0. The summed E-state index contributed by atoms with van der Waals surface area (Å²) in [6.07, 6.45) is 2.11. The van der Waals surface area contributed by atoms with Gasteiger partial charge in [0, 0.05) is 25.8 Å². The molecule has 1 fully saturated rings. The summed E-state index contributed by atoms with van der Waals surface area (Å²) in [4.78, 5) is 30.9. The van der Waals surface area contributed by atoms with Gasteiger partial charge in [0.1, 0.15) is 5.82 Å². The summed E-state index contributed by atoms with van der Waals surface area (Å²) in [6.45, 7) is 3.59. The Morgan fingerprint density at radius 1 is 1.35 bits per heavy atom. The molecule has 2 heterocycles. The first-order chi connectivity index (χ1) is 9.47. The third-order valence-electron chi connectivity index (χ3n) is 3.41. The molecule has 1 aromatic rings. The topological polar surface area (TPSA) is 73.7 Å². The second kappa shape index (κ2) is 5.90. The first kappa shape index (κ1) is 14.3. The van der Waals surface area contributed by atoms with E-state index in [1.165, 1.54) is 12.1 Å². The lowest BCUT2D eigenvalue weighted by molar-refractivity contribution is -0.128. The fourth-order valence-electron chi connectivity index (χ4n) is 2.32. The maximum Gasteiger partial charge on any atom is 0.335 e. The number of aromatic carboxylic acids is 1. The van der Waals surface area contributed by atoms with Gasteiger partial charge in [-0.2, -0.15) is 0 Å². The van der Waals surface area contributed by atoms with Crippen LogP contribution in [0.2, 0.25) is 0 Å². The van der Waals surface area contributed by atoms with Crippen molar-refractivity contribution in [2.45, 2.75) is 19.8 Å². The number of pyridine rings is 1. The smallest absolute Gasteiger partial charge is 0.335 e.